The summed E-state index contributed by atoms with van der Waals surface area (Å²) in [5.74, 6) is 0.194. The maximum absolute atomic E-state index is 10.9. The molecule has 74 valence electrons. The number of hydrogen-bond acceptors (Lipinski definition) is 3. The molecule has 3 heteroatoms. The Labute approximate surface area is 78.4 Å². The summed E-state index contributed by atoms with van der Waals surface area (Å²) in [6.07, 6.45) is 1.48. The molecule has 0 bridgehead atoms. The Kier molecular flexibility index (Phi) is 1.88. The van der Waals surface area contributed by atoms with Gasteiger partial charge in [0.15, 0.2) is 0 Å². The number of fused-ring (bicyclic) bond motifs is 1. The number of rotatable bonds is 0. The normalized spacial score (nSPS) is 39.0. The number of hydrogen-bond donors (Lipinski definition) is 0. The molecule has 3 nitrogen and oxygen atoms in total. The first kappa shape index (κ1) is 9.00. The van der Waals surface area contributed by atoms with Crippen molar-refractivity contribution >= 4 is 5.97 Å². The van der Waals surface area contributed by atoms with Crippen LogP contribution in [0, 0.1) is 11.3 Å². The minimum atomic E-state index is -0.253. The van der Waals surface area contributed by atoms with Crippen LogP contribution in [0.25, 0.3) is 0 Å². The molecule has 2 fully saturated rings. The highest BCUT2D eigenvalue weighted by molar-refractivity contribution is 5.72. The van der Waals surface area contributed by atoms with Crippen molar-refractivity contribution in [2.24, 2.45) is 11.3 Å². The second kappa shape index (κ2) is 2.71. The largest absolute Gasteiger partial charge is 0.435 e. The monoisotopic (exact) mass is 184 g/mol. The SMILES string of the molecule is CC(C)(C)C1CC2CC(=O)OC2O1. The lowest BCUT2D eigenvalue weighted by atomic mass is 9.85. The fourth-order valence-corrected chi connectivity index (χ4v) is 1.97. The summed E-state index contributed by atoms with van der Waals surface area (Å²) < 4.78 is 10.7. The van der Waals surface area contributed by atoms with E-state index in [0.717, 1.165) is 6.42 Å². The van der Waals surface area contributed by atoms with E-state index in [9.17, 15) is 4.79 Å². The van der Waals surface area contributed by atoms with Crippen LogP contribution in [0.4, 0.5) is 0 Å². The van der Waals surface area contributed by atoms with E-state index < -0.39 is 0 Å². The Hall–Kier alpha value is -0.570. The van der Waals surface area contributed by atoms with E-state index >= 15 is 0 Å². The fourth-order valence-electron chi connectivity index (χ4n) is 1.97. The summed E-state index contributed by atoms with van der Waals surface area (Å²) >= 11 is 0. The summed E-state index contributed by atoms with van der Waals surface area (Å²) in [5.41, 5.74) is 0.150. The quantitative estimate of drug-likeness (QED) is 0.538. The third kappa shape index (κ3) is 1.57. The molecule has 0 aromatic rings. The molecule has 3 atom stereocenters. The average Bonchev–Trinajstić information content (AvgIpc) is 2.40. The summed E-state index contributed by atoms with van der Waals surface area (Å²) in [7, 11) is 0. The zero-order valence-electron chi connectivity index (χ0n) is 8.37. The van der Waals surface area contributed by atoms with E-state index in [1.165, 1.54) is 0 Å². The van der Waals surface area contributed by atoms with Gasteiger partial charge in [-0.3, -0.25) is 4.79 Å². The second-order valence-electron chi connectivity index (χ2n) is 5.05. The second-order valence-corrected chi connectivity index (χ2v) is 5.05. The summed E-state index contributed by atoms with van der Waals surface area (Å²) in [6, 6.07) is 0. The molecule has 0 aromatic heterocycles. The van der Waals surface area contributed by atoms with Gasteiger partial charge in [0.1, 0.15) is 0 Å². The molecule has 13 heavy (non-hydrogen) atoms. The zero-order valence-corrected chi connectivity index (χ0v) is 8.37. The lowest BCUT2D eigenvalue weighted by molar-refractivity contribution is -0.170. The molecule has 0 radical (unpaired) electrons. The van der Waals surface area contributed by atoms with E-state index in [0.29, 0.717) is 12.3 Å². The highest BCUT2D eigenvalue weighted by Gasteiger charge is 2.47. The third-order valence-corrected chi connectivity index (χ3v) is 2.84. The third-order valence-electron chi connectivity index (χ3n) is 2.84. The lowest BCUT2D eigenvalue weighted by Crippen LogP contribution is -2.27. The van der Waals surface area contributed by atoms with Gasteiger partial charge in [0.2, 0.25) is 6.29 Å². The van der Waals surface area contributed by atoms with Crippen molar-refractivity contribution in [2.75, 3.05) is 0 Å². The fraction of sp³-hybridized carbons (Fsp3) is 0.900. The maximum atomic E-state index is 10.9. The Bertz CT molecular complexity index is 213. The van der Waals surface area contributed by atoms with Crippen LogP contribution < -0.4 is 0 Å². The number of carbonyl (C=O) groups is 1. The van der Waals surface area contributed by atoms with Crippen LogP contribution in [0.3, 0.4) is 0 Å². The van der Waals surface area contributed by atoms with Crippen molar-refractivity contribution in [3.8, 4) is 0 Å². The lowest BCUT2D eigenvalue weighted by Gasteiger charge is -2.26. The predicted molar refractivity (Wildman–Crippen MR) is 46.9 cm³/mol. The van der Waals surface area contributed by atoms with E-state index in [2.05, 4.69) is 20.8 Å². The highest BCUT2D eigenvalue weighted by atomic mass is 16.7. The summed E-state index contributed by atoms with van der Waals surface area (Å²) in [4.78, 5) is 10.9. The Morgan fingerprint density at radius 3 is 2.62 bits per heavy atom. The molecule has 0 N–H and O–H groups in total. The van der Waals surface area contributed by atoms with Crippen LogP contribution in [0.15, 0.2) is 0 Å². The van der Waals surface area contributed by atoms with Crippen molar-refractivity contribution in [1.29, 1.82) is 0 Å². The smallest absolute Gasteiger partial charge is 0.308 e. The van der Waals surface area contributed by atoms with E-state index in [1.807, 2.05) is 0 Å². The molecule has 0 saturated carbocycles. The van der Waals surface area contributed by atoms with Crippen LogP contribution >= 0.6 is 0 Å². The molecule has 3 unspecified atom stereocenters. The molecular formula is C10H16O3. The molecular weight excluding hydrogens is 168 g/mol. The summed E-state index contributed by atoms with van der Waals surface area (Å²) in [5, 5.41) is 0. The number of esters is 1. The van der Waals surface area contributed by atoms with Gasteiger partial charge in [-0.25, -0.2) is 0 Å². The van der Waals surface area contributed by atoms with Gasteiger partial charge in [-0.15, -0.1) is 0 Å². The molecule has 0 spiro atoms. The van der Waals surface area contributed by atoms with Gasteiger partial charge in [0.05, 0.1) is 12.5 Å². The zero-order chi connectivity index (χ0) is 9.64. The molecule has 0 amide bonds. The minimum Gasteiger partial charge on any atom is -0.435 e. The van der Waals surface area contributed by atoms with E-state index in [4.69, 9.17) is 9.47 Å². The van der Waals surface area contributed by atoms with Crippen molar-refractivity contribution in [3.63, 3.8) is 0 Å². The standard InChI is InChI=1S/C10H16O3/c1-10(2,3)7-4-6-5-8(11)13-9(6)12-7/h6-7,9H,4-5H2,1-3H3. The minimum absolute atomic E-state index is 0.109. The van der Waals surface area contributed by atoms with Crippen LogP contribution in [0.2, 0.25) is 0 Å². The van der Waals surface area contributed by atoms with Crippen LogP contribution in [0.1, 0.15) is 33.6 Å². The molecule has 2 saturated heterocycles. The Balaban J connectivity index is 2.01. The van der Waals surface area contributed by atoms with E-state index in [-0.39, 0.29) is 23.8 Å². The van der Waals surface area contributed by atoms with Crippen LogP contribution in [-0.4, -0.2) is 18.4 Å². The van der Waals surface area contributed by atoms with Crippen molar-refractivity contribution in [3.05, 3.63) is 0 Å². The number of ether oxygens (including phenoxy) is 2. The Morgan fingerprint density at radius 1 is 1.38 bits per heavy atom. The molecule has 2 rings (SSSR count). The molecule has 0 aliphatic carbocycles. The topological polar surface area (TPSA) is 35.5 Å². The van der Waals surface area contributed by atoms with Crippen molar-refractivity contribution in [2.45, 2.75) is 46.0 Å². The van der Waals surface area contributed by atoms with Crippen LogP contribution in [0.5, 0.6) is 0 Å². The van der Waals surface area contributed by atoms with Gasteiger partial charge in [-0.05, 0) is 11.8 Å². The van der Waals surface area contributed by atoms with E-state index in [1.54, 1.807) is 0 Å². The van der Waals surface area contributed by atoms with Gasteiger partial charge < -0.3 is 9.47 Å². The Morgan fingerprint density at radius 2 is 2.08 bits per heavy atom. The average molecular weight is 184 g/mol. The first-order valence-electron chi connectivity index (χ1n) is 4.82. The molecule has 2 aliphatic rings. The predicted octanol–water partition coefficient (Wildman–Crippen LogP) is 1.71. The molecule has 0 aromatic carbocycles. The first-order valence-corrected chi connectivity index (χ1v) is 4.82. The maximum Gasteiger partial charge on any atom is 0.308 e. The van der Waals surface area contributed by atoms with Gasteiger partial charge >= 0.3 is 5.97 Å². The van der Waals surface area contributed by atoms with Gasteiger partial charge in [0.25, 0.3) is 0 Å². The molecule has 2 aliphatic heterocycles. The van der Waals surface area contributed by atoms with Gasteiger partial charge in [-0.1, -0.05) is 20.8 Å². The highest BCUT2D eigenvalue weighted by Crippen LogP contribution is 2.41. The number of carbonyl (C=O) groups excluding carboxylic acids is 1. The van der Waals surface area contributed by atoms with Crippen molar-refractivity contribution < 1.29 is 14.3 Å². The van der Waals surface area contributed by atoms with Crippen LogP contribution in [-0.2, 0) is 14.3 Å². The van der Waals surface area contributed by atoms with Gasteiger partial charge in [0, 0.05) is 5.92 Å². The van der Waals surface area contributed by atoms with Gasteiger partial charge in [-0.2, -0.15) is 0 Å². The summed E-state index contributed by atoms with van der Waals surface area (Å²) in [6.45, 7) is 6.46. The molecule has 2 heterocycles. The first-order chi connectivity index (χ1) is 5.97. The van der Waals surface area contributed by atoms with Crippen molar-refractivity contribution in [1.82, 2.24) is 0 Å².